The number of cyclic esters (lactones) is 2. The molecule has 0 unspecified atom stereocenters. The van der Waals surface area contributed by atoms with E-state index in [2.05, 4.69) is 0 Å². The summed E-state index contributed by atoms with van der Waals surface area (Å²) in [6.07, 6.45) is 6.08. The number of nitrogens with zero attached hydrogens (tertiary/aromatic N) is 1. The molecule has 0 N–H and O–H groups in total. The Morgan fingerprint density at radius 3 is 2.45 bits per heavy atom. The number of aryl methyl sites for hydroxylation is 1. The fraction of sp³-hybridized carbons (Fsp3) is 0.529. The zero-order valence-corrected chi connectivity index (χ0v) is 24.8. The van der Waals surface area contributed by atoms with Crippen LogP contribution in [0.15, 0.2) is 54.6 Å². The second-order valence-corrected chi connectivity index (χ2v) is 11.9. The number of ketones is 1. The highest BCUT2D eigenvalue weighted by molar-refractivity contribution is 6.38. The molecule has 4 rings (SSSR count). The van der Waals surface area contributed by atoms with Gasteiger partial charge in [0.25, 0.3) is 5.91 Å². The molecule has 2 bridgehead atoms. The van der Waals surface area contributed by atoms with Crippen LogP contribution >= 0.6 is 0 Å². The van der Waals surface area contributed by atoms with Crippen molar-refractivity contribution in [1.82, 2.24) is 4.90 Å². The number of hydrogen-bond donors (Lipinski definition) is 0. The molecule has 2 aromatic rings. The third-order valence-electron chi connectivity index (χ3n) is 8.01. The predicted octanol–water partition coefficient (Wildman–Crippen LogP) is 5.77. The molecule has 2 heterocycles. The van der Waals surface area contributed by atoms with Gasteiger partial charge in [-0.05, 0) is 82.1 Å². The molecule has 2 aromatic carbocycles. The predicted molar refractivity (Wildman–Crippen MR) is 158 cm³/mol. The Morgan fingerprint density at radius 1 is 0.857 bits per heavy atom. The Bertz CT molecular complexity index is 1230. The summed E-state index contributed by atoms with van der Waals surface area (Å²) in [4.78, 5) is 54.2. The van der Waals surface area contributed by atoms with Gasteiger partial charge >= 0.3 is 11.9 Å². The van der Waals surface area contributed by atoms with Crippen molar-refractivity contribution in [2.24, 2.45) is 5.41 Å². The quantitative estimate of drug-likeness (QED) is 0.338. The van der Waals surface area contributed by atoms with Crippen molar-refractivity contribution >= 4 is 23.6 Å². The van der Waals surface area contributed by atoms with E-state index in [0.29, 0.717) is 44.5 Å². The highest BCUT2D eigenvalue weighted by Gasteiger charge is 2.42. The fourth-order valence-electron chi connectivity index (χ4n) is 5.41. The molecule has 0 spiro atoms. The van der Waals surface area contributed by atoms with E-state index in [1.54, 1.807) is 13.8 Å². The molecule has 2 atom stereocenters. The molecule has 8 nitrogen and oxygen atoms in total. The molecule has 0 aromatic heterocycles. The summed E-state index contributed by atoms with van der Waals surface area (Å²) in [7, 11) is 0. The van der Waals surface area contributed by atoms with E-state index in [-0.39, 0.29) is 25.5 Å². The molecule has 8 heteroatoms. The summed E-state index contributed by atoms with van der Waals surface area (Å²) in [5, 5.41) is 0. The maximum absolute atomic E-state index is 13.7. The molecule has 2 aliphatic rings. The van der Waals surface area contributed by atoms with Gasteiger partial charge in [-0.15, -0.1) is 0 Å². The van der Waals surface area contributed by atoms with E-state index in [4.69, 9.17) is 14.2 Å². The van der Waals surface area contributed by atoms with Crippen molar-refractivity contribution < 1.29 is 33.4 Å². The second kappa shape index (κ2) is 15.0. The Balaban J connectivity index is 1.59. The van der Waals surface area contributed by atoms with Gasteiger partial charge in [-0.25, -0.2) is 4.79 Å². The van der Waals surface area contributed by atoms with Crippen molar-refractivity contribution in [2.75, 3.05) is 19.8 Å². The summed E-state index contributed by atoms with van der Waals surface area (Å²) < 4.78 is 17.6. The minimum absolute atomic E-state index is 0.190. The Hall–Kier alpha value is -3.68. The number of hydrogen-bond acceptors (Lipinski definition) is 7. The standard InChI is InChI=1S/C34H43NO7/c1-34(2)24-41-30(36)18-8-3-4-11-22-40-27-16-12-15-26(23-27)29(20-19-25-13-6-5-7-14-25)42-33(39)28-17-9-10-21-35(28)32(38)31(34)37/h5-7,12-16,23,28-29H,3-4,8-11,17-22,24H2,1-2H3/t28-,29+/m0/s1. The lowest BCUT2D eigenvalue weighted by Gasteiger charge is -2.36. The third-order valence-corrected chi connectivity index (χ3v) is 8.01. The van der Waals surface area contributed by atoms with Crippen molar-refractivity contribution in [3.8, 4) is 5.75 Å². The summed E-state index contributed by atoms with van der Waals surface area (Å²) >= 11 is 0. The number of rotatable bonds is 3. The second-order valence-electron chi connectivity index (χ2n) is 11.9. The zero-order valence-electron chi connectivity index (χ0n) is 24.8. The van der Waals surface area contributed by atoms with Crippen LogP contribution in [0.3, 0.4) is 0 Å². The monoisotopic (exact) mass is 577 g/mol. The van der Waals surface area contributed by atoms with Gasteiger partial charge in [0, 0.05) is 13.0 Å². The van der Waals surface area contributed by atoms with Gasteiger partial charge in [-0.2, -0.15) is 0 Å². The lowest BCUT2D eigenvalue weighted by molar-refractivity contribution is -0.165. The van der Waals surface area contributed by atoms with Crippen LogP contribution in [0.2, 0.25) is 0 Å². The third kappa shape index (κ3) is 8.66. The number of ether oxygens (including phenoxy) is 3. The average Bonchev–Trinajstić information content (AvgIpc) is 3.01. The SMILES string of the molecule is CC1(C)COC(=O)CCCCCCOc2cccc(c2)[C@@H](CCc2ccccc2)OC(=O)[C@@H]2CCCCN2C(=O)C1=O. The maximum Gasteiger partial charge on any atom is 0.329 e. The number of Topliss-reactive ketones (excluding diaryl/α,β-unsaturated/α-hetero) is 1. The molecular weight excluding hydrogens is 534 g/mol. The molecule has 1 fully saturated rings. The molecule has 0 radical (unpaired) electrons. The Morgan fingerprint density at radius 2 is 1.64 bits per heavy atom. The van der Waals surface area contributed by atoms with Crippen molar-refractivity contribution in [1.29, 1.82) is 0 Å². The molecule has 226 valence electrons. The van der Waals surface area contributed by atoms with Gasteiger partial charge in [-0.3, -0.25) is 14.4 Å². The summed E-state index contributed by atoms with van der Waals surface area (Å²) in [6.45, 7) is 3.83. The first kappa shape index (κ1) is 31.3. The van der Waals surface area contributed by atoms with Gasteiger partial charge in [-0.1, -0.05) is 55.3 Å². The van der Waals surface area contributed by atoms with E-state index < -0.39 is 35.2 Å². The number of fused-ring (bicyclic) bond motifs is 3. The minimum Gasteiger partial charge on any atom is -0.494 e. The van der Waals surface area contributed by atoms with Crippen LogP contribution in [0.4, 0.5) is 0 Å². The summed E-state index contributed by atoms with van der Waals surface area (Å²) in [6, 6.07) is 16.8. The van der Waals surface area contributed by atoms with Crippen LogP contribution in [-0.2, 0) is 35.1 Å². The number of amides is 1. The lowest BCUT2D eigenvalue weighted by atomic mass is 9.87. The van der Waals surface area contributed by atoms with E-state index >= 15 is 0 Å². The highest BCUT2D eigenvalue weighted by atomic mass is 16.5. The number of piperidine rings is 1. The van der Waals surface area contributed by atoms with Crippen LogP contribution in [0.5, 0.6) is 5.75 Å². The van der Waals surface area contributed by atoms with Gasteiger partial charge in [0.2, 0.25) is 5.78 Å². The molecule has 2 aliphatic heterocycles. The number of benzene rings is 2. The van der Waals surface area contributed by atoms with Gasteiger partial charge in [0.1, 0.15) is 24.5 Å². The van der Waals surface area contributed by atoms with Gasteiger partial charge < -0.3 is 19.1 Å². The minimum atomic E-state index is -1.21. The first-order chi connectivity index (χ1) is 20.2. The Labute approximate surface area is 248 Å². The van der Waals surface area contributed by atoms with Crippen LogP contribution in [-0.4, -0.2) is 54.3 Å². The van der Waals surface area contributed by atoms with Crippen LogP contribution in [0.25, 0.3) is 0 Å². The topological polar surface area (TPSA) is 99.2 Å². The normalized spacial score (nSPS) is 23.0. The van der Waals surface area contributed by atoms with Gasteiger partial charge in [0.05, 0.1) is 12.0 Å². The molecule has 0 saturated carbocycles. The molecular formula is C34H43NO7. The number of esters is 2. The fourth-order valence-corrected chi connectivity index (χ4v) is 5.41. The summed E-state index contributed by atoms with van der Waals surface area (Å²) in [5.41, 5.74) is 0.739. The van der Waals surface area contributed by atoms with Crippen molar-refractivity contribution in [2.45, 2.75) is 90.2 Å². The van der Waals surface area contributed by atoms with E-state index in [1.165, 1.54) is 4.90 Å². The highest BCUT2D eigenvalue weighted by Crippen LogP contribution is 2.30. The van der Waals surface area contributed by atoms with Gasteiger partial charge in [0.15, 0.2) is 0 Å². The van der Waals surface area contributed by atoms with E-state index in [9.17, 15) is 19.2 Å². The van der Waals surface area contributed by atoms with Crippen LogP contribution in [0, 0.1) is 5.41 Å². The van der Waals surface area contributed by atoms with Crippen molar-refractivity contribution in [3.05, 3.63) is 65.7 Å². The number of carbonyl (C=O) groups is 4. The first-order valence-corrected chi connectivity index (χ1v) is 15.2. The first-order valence-electron chi connectivity index (χ1n) is 15.2. The lowest BCUT2D eigenvalue weighted by Crippen LogP contribution is -2.53. The number of carbonyl (C=O) groups excluding carboxylic acids is 4. The van der Waals surface area contributed by atoms with E-state index in [0.717, 1.165) is 36.8 Å². The van der Waals surface area contributed by atoms with Crippen LogP contribution in [0.1, 0.15) is 88.9 Å². The molecule has 42 heavy (non-hydrogen) atoms. The molecule has 0 aliphatic carbocycles. The van der Waals surface area contributed by atoms with Crippen molar-refractivity contribution in [3.63, 3.8) is 0 Å². The average molecular weight is 578 g/mol. The van der Waals surface area contributed by atoms with Crippen LogP contribution < -0.4 is 4.74 Å². The largest absolute Gasteiger partial charge is 0.494 e. The van der Waals surface area contributed by atoms with E-state index in [1.807, 2.05) is 54.6 Å². The summed E-state index contributed by atoms with van der Waals surface area (Å²) in [5.74, 6) is -1.62. The smallest absolute Gasteiger partial charge is 0.329 e. The molecule has 1 amide bonds. The zero-order chi connectivity index (χ0) is 30.0. The molecule has 1 saturated heterocycles. The maximum atomic E-state index is 13.7. The Kier molecular flexibility index (Phi) is 11.2.